The van der Waals surface area contributed by atoms with Crippen molar-refractivity contribution in [3.8, 4) is 0 Å². The maximum atomic E-state index is 12.6. The molecular formula is C23H25N3O2S. The van der Waals surface area contributed by atoms with E-state index in [2.05, 4.69) is 34.3 Å². The second-order valence-electron chi connectivity index (χ2n) is 6.84. The summed E-state index contributed by atoms with van der Waals surface area (Å²) in [6.07, 6.45) is 0.814. The van der Waals surface area contributed by atoms with Crippen molar-refractivity contribution in [1.82, 2.24) is 9.97 Å². The summed E-state index contributed by atoms with van der Waals surface area (Å²) in [4.78, 5) is 32.5. The zero-order chi connectivity index (χ0) is 20.8. The third-order valence-electron chi connectivity index (χ3n) is 4.77. The summed E-state index contributed by atoms with van der Waals surface area (Å²) in [5, 5.41) is 3.62. The number of hydrogen-bond acceptors (Lipinski definition) is 4. The molecule has 29 heavy (non-hydrogen) atoms. The number of thioether (sulfide) groups is 1. The molecule has 0 spiro atoms. The van der Waals surface area contributed by atoms with Gasteiger partial charge in [-0.1, -0.05) is 67.2 Å². The van der Waals surface area contributed by atoms with Crippen molar-refractivity contribution in [1.29, 1.82) is 0 Å². The van der Waals surface area contributed by atoms with Gasteiger partial charge in [0.2, 0.25) is 5.91 Å². The molecule has 0 aliphatic rings. The van der Waals surface area contributed by atoms with Crippen LogP contribution in [-0.2, 0) is 17.6 Å². The highest BCUT2D eigenvalue weighted by Crippen LogP contribution is 2.32. The minimum absolute atomic E-state index is 0.00853. The van der Waals surface area contributed by atoms with E-state index in [4.69, 9.17) is 0 Å². The Balaban J connectivity index is 1.72. The number of amides is 1. The number of hydrogen-bond donors (Lipinski definition) is 2. The van der Waals surface area contributed by atoms with E-state index in [9.17, 15) is 9.59 Å². The van der Waals surface area contributed by atoms with Crippen LogP contribution in [0, 0.1) is 6.92 Å². The first kappa shape index (κ1) is 20.9. The highest BCUT2D eigenvalue weighted by molar-refractivity contribution is 7.99. The van der Waals surface area contributed by atoms with Gasteiger partial charge in [0.05, 0.1) is 6.42 Å². The molecule has 1 atom stereocenters. The van der Waals surface area contributed by atoms with Crippen LogP contribution in [-0.4, -0.2) is 15.9 Å². The fourth-order valence-corrected chi connectivity index (χ4v) is 4.08. The smallest absolute Gasteiger partial charge is 0.255 e. The molecule has 1 amide bonds. The molecule has 3 rings (SSSR count). The Morgan fingerprint density at radius 2 is 1.83 bits per heavy atom. The van der Waals surface area contributed by atoms with Crippen LogP contribution in [0.1, 0.15) is 41.5 Å². The number of para-hydroxylation sites is 1. The minimum Gasteiger partial charge on any atom is -0.326 e. The molecule has 2 N–H and O–H groups in total. The largest absolute Gasteiger partial charge is 0.326 e. The van der Waals surface area contributed by atoms with E-state index in [1.807, 2.05) is 49.4 Å². The van der Waals surface area contributed by atoms with Gasteiger partial charge in [0.25, 0.3) is 5.56 Å². The Bertz CT molecular complexity index is 1050. The zero-order valence-corrected chi connectivity index (χ0v) is 17.7. The lowest BCUT2D eigenvalue weighted by molar-refractivity contribution is -0.115. The molecule has 3 aromatic rings. The van der Waals surface area contributed by atoms with Gasteiger partial charge in [-0.05, 0) is 37.5 Å². The van der Waals surface area contributed by atoms with Gasteiger partial charge in [-0.25, -0.2) is 4.98 Å². The number of benzene rings is 2. The molecular weight excluding hydrogens is 382 g/mol. The SMILES string of the molecule is CCc1ccccc1NC(=O)Cc1c(C)nc(SC(C)c2ccccc2)[nH]c1=O. The van der Waals surface area contributed by atoms with Crippen LogP contribution in [0.3, 0.4) is 0 Å². The first-order valence-corrected chi connectivity index (χ1v) is 10.5. The molecule has 0 radical (unpaired) electrons. The maximum Gasteiger partial charge on any atom is 0.255 e. The lowest BCUT2D eigenvalue weighted by Gasteiger charge is -2.13. The van der Waals surface area contributed by atoms with Gasteiger partial charge in [0, 0.05) is 22.2 Å². The van der Waals surface area contributed by atoms with Gasteiger partial charge in [-0.2, -0.15) is 0 Å². The molecule has 0 fully saturated rings. The van der Waals surface area contributed by atoms with E-state index in [1.165, 1.54) is 11.8 Å². The monoisotopic (exact) mass is 407 g/mol. The van der Waals surface area contributed by atoms with Crippen LogP contribution in [0.15, 0.2) is 64.5 Å². The third-order valence-corrected chi connectivity index (χ3v) is 5.81. The fraction of sp³-hybridized carbons (Fsp3) is 0.261. The Labute approximate surface area is 175 Å². The second-order valence-corrected chi connectivity index (χ2v) is 8.17. The Hall–Kier alpha value is -2.86. The van der Waals surface area contributed by atoms with Crippen LogP contribution >= 0.6 is 11.8 Å². The Morgan fingerprint density at radius 3 is 2.52 bits per heavy atom. The van der Waals surface area contributed by atoms with E-state index in [0.29, 0.717) is 16.4 Å². The topological polar surface area (TPSA) is 74.8 Å². The van der Waals surface area contributed by atoms with E-state index in [-0.39, 0.29) is 23.1 Å². The standard InChI is InChI=1S/C23H25N3O2S/c1-4-17-10-8-9-13-20(17)25-21(27)14-19-15(2)24-23(26-22(19)28)29-16(3)18-11-6-5-7-12-18/h5-13,16H,4,14H2,1-3H3,(H,25,27)(H,24,26,28). The first-order valence-electron chi connectivity index (χ1n) is 9.67. The number of rotatable bonds is 7. The molecule has 0 aliphatic heterocycles. The molecule has 6 heteroatoms. The van der Waals surface area contributed by atoms with Gasteiger partial charge in [-0.15, -0.1) is 0 Å². The van der Waals surface area contributed by atoms with Crippen molar-refractivity contribution >= 4 is 23.4 Å². The van der Waals surface area contributed by atoms with Crippen molar-refractivity contribution in [2.24, 2.45) is 0 Å². The second kappa shape index (κ2) is 9.56. The van der Waals surface area contributed by atoms with Crippen molar-refractivity contribution < 1.29 is 4.79 Å². The average Bonchev–Trinajstić information content (AvgIpc) is 2.72. The minimum atomic E-state index is -0.265. The average molecular weight is 408 g/mol. The van der Waals surface area contributed by atoms with Crippen molar-refractivity contribution in [3.05, 3.63) is 87.3 Å². The van der Waals surface area contributed by atoms with Gasteiger partial charge in [0.1, 0.15) is 0 Å². The lowest BCUT2D eigenvalue weighted by atomic mass is 10.1. The predicted octanol–water partition coefficient (Wildman–Crippen LogP) is 4.68. The summed E-state index contributed by atoms with van der Waals surface area (Å²) in [6, 6.07) is 17.7. The molecule has 150 valence electrons. The maximum absolute atomic E-state index is 12.6. The number of H-pyrrole nitrogens is 1. The summed E-state index contributed by atoms with van der Waals surface area (Å²) >= 11 is 1.49. The van der Waals surface area contributed by atoms with Crippen LogP contribution in [0.2, 0.25) is 0 Å². The van der Waals surface area contributed by atoms with Crippen molar-refractivity contribution in [2.45, 2.75) is 44.0 Å². The van der Waals surface area contributed by atoms with E-state index in [0.717, 1.165) is 23.2 Å². The number of aromatic amines is 1. The molecule has 0 bridgehead atoms. The summed E-state index contributed by atoms with van der Waals surface area (Å²) < 4.78 is 0. The molecule has 2 aromatic carbocycles. The summed E-state index contributed by atoms with van der Waals surface area (Å²) in [5.74, 6) is -0.223. The molecule has 0 aliphatic carbocycles. The van der Waals surface area contributed by atoms with Crippen LogP contribution < -0.4 is 10.9 Å². The molecule has 1 aromatic heterocycles. The van der Waals surface area contributed by atoms with Crippen LogP contribution in [0.4, 0.5) is 5.69 Å². The third kappa shape index (κ3) is 5.35. The van der Waals surface area contributed by atoms with Gasteiger partial charge in [-0.3, -0.25) is 9.59 Å². The predicted molar refractivity (Wildman–Crippen MR) is 118 cm³/mol. The van der Waals surface area contributed by atoms with Crippen LogP contribution in [0.5, 0.6) is 0 Å². The van der Waals surface area contributed by atoms with E-state index in [1.54, 1.807) is 6.92 Å². The molecule has 0 saturated carbocycles. The molecule has 0 saturated heterocycles. The van der Waals surface area contributed by atoms with Crippen molar-refractivity contribution in [3.63, 3.8) is 0 Å². The molecule has 1 heterocycles. The number of nitrogens with one attached hydrogen (secondary N) is 2. The van der Waals surface area contributed by atoms with E-state index >= 15 is 0 Å². The number of aryl methyl sites for hydroxylation is 2. The summed E-state index contributed by atoms with van der Waals surface area (Å²) in [5.41, 5.74) is 3.72. The number of carbonyl (C=O) groups excluding carboxylic acids is 1. The number of nitrogens with zero attached hydrogens (tertiary/aromatic N) is 1. The van der Waals surface area contributed by atoms with E-state index < -0.39 is 0 Å². The zero-order valence-electron chi connectivity index (χ0n) is 16.9. The van der Waals surface area contributed by atoms with Crippen LogP contribution in [0.25, 0.3) is 0 Å². The van der Waals surface area contributed by atoms with Gasteiger partial charge >= 0.3 is 0 Å². The van der Waals surface area contributed by atoms with Gasteiger partial charge in [0.15, 0.2) is 5.16 Å². The highest BCUT2D eigenvalue weighted by atomic mass is 32.2. The highest BCUT2D eigenvalue weighted by Gasteiger charge is 2.16. The molecule has 5 nitrogen and oxygen atoms in total. The molecule has 1 unspecified atom stereocenters. The lowest BCUT2D eigenvalue weighted by Crippen LogP contribution is -2.24. The Kier molecular flexibility index (Phi) is 6.88. The number of anilines is 1. The fourth-order valence-electron chi connectivity index (χ4n) is 3.11. The number of aromatic nitrogens is 2. The van der Waals surface area contributed by atoms with Crippen molar-refractivity contribution in [2.75, 3.05) is 5.32 Å². The summed E-state index contributed by atoms with van der Waals surface area (Å²) in [6.45, 7) is 5.88. The number of carbonyl (C=O) groups is 1. The van der Waals surface area contributed by atoms with Gasteiger partial charge < -0.3 is 10.3 Å². The summed E-state index contributed by atoms with van der Waals surface area (Å²) in [7, 11) is 0. The normalized spacial score (nSPS) is 11.8. The quantitative estimate of drug-likeness (QED) is 0.441. The first-order chi connectivity index (χ1) is 14.0. The Morgan fingerprint density at radius 1 is 1.14 bits per heavy atom.